The molecule has 200 valence electrons. The molecule has 0 spiro atoms. The van der Waals surface area contributed by atoms with E-state index in [0.717, 1.165) is 5.92 Å². The number of unbranched alkanes of at least 4 members (excludes halogenated alkanes) is 23. The van der Waals surface area contributed by atoms with E-state index in [4.69, 9.17) is 0 Å². The van der Waals surface area contributed by atoms with Gasteiger partial charge in [0.1, 0.15) is 0 Å². The van der Waals surface area contributed by atoms with Crippen LogP contribution in [0.2, 0.25) is 0 Å². The van der Waals surface area contributed by atoms with Crippen LogP contribution in [0.1, 0.15) is 207 Å². The van der Waals surface area contributed by atoms with Crippen LogP contribution in [0.4, 0.5) is 0 Å². The fraction of sp³-hybridized carbons (Fsp3) is 1.00. The van der Waals surface area contributed by atoms with Crippen molar-refractivity contribution >= 4 is 0 Å². The van der Waals surface area contributed by atoms with Crippen molar-refractivity contribution < 1.29 is 0 Å². The van der Waals surface area contributed by atoms with Gasteiger partial charge in [0.2, 0.25) is 0 Å². The van der Waals surface area contributed by atoms with Crippen LogP contribution in [-0.2, 0) is 0 Å². The van der Waals surface area contributed by atoms with Gasteiger partial charge in [-0.1, -0.05) is 207 Å². The van der Waals surface area contributed by atoms with Crippen LogP contribution >= 0.6 is 0 Å². The fourth-order valence-corrected chi connectivity index (χ4v) is 5.49. The molecule has 0 aliphatic rings. The minimum Gasteiger partial charge on any atom is -0.0654 e. The average molecular weight is 465 g/mol. The van der Waals surface area contributed by atoms with Crippen molar-refractivity contribution in [2.45, 2.75) is 207 Å². The normalized spacial score (nSPS) is 12.5. The largest absolute Gasteiger partial charge is 0.0654 e. The second-order valence-corrected chi connectivity index (χ2v) is 11.4. The molecule has 0 saturated heterocycles. The summed E-state index contributed by atoms with van der Waals surface area (Å²) in [4.78, 5) is 0. The molecule has 0 aliphatic heterocycles. The van der Waals surface area contributed by atoms with Crippen molar-refractivity contribution in [3.8, 4) is 0 Å². The van der Waals surface area contributed by atoms with Gasteiger partial charge in [0.15, 0.2) is 0 Å². The molecule has 33 heavy (non-hydrogen) atoms. The standard InChI is InChI=1S/C33H68/c1-4-7-10-13-15-17-18-19-20-22-24-26-29-32-33(30-27-12-9-6-3)31-28-25-23-21-16-14-11-8-5-2/h33H,4-32H2,1-3H3. The Kier molecular flexibility index (Phi) is 30.0. The van der Waals surface area contributed by atoms with Crippen molar-refractivity contribution in [2.24, 2.45) is 5.92 Å². The molecule has 0 aromatic rings. The summed E-state index contributed by atoms with van der Waals surface area (Å²) in [6.07, 6.45) is 42.8. The van der Waals surface area contributed by atoms with Crippen molar-refractivity contribution in [3.05, 3.63) is 0 Å². The third-order valence-electron chi connectivity index (χ3n) is 7.90. The zero-order valence-electron chi connectivity index (χ0n) is 24.1. The Morgan fingerprint density at radius 2 is 0.424 bits per heavy atom. The predicted octanol–water partition coefficient (Wildman–Crippen LogP) is 13.0. The third kappa shape index (κ3) is 28.1. The monoisotopic (exact) mass is 465 g/mol. The van der Waals surface area contributed by atoms with Gasteiger partial charge in [-0.15, -0.1) is 0 Å². The highest BCUT2D eigenvalue weighted by atomic mass is 14.1. The van der Waals surface area contributed by atoms with Gasteiger partial charge in [-0.05, 0) is 5.92 Å². The quantitative estimate of drug-likeness (QED) is 0.0965. The van der Waals surface area contributed by atoms with Gasteiger partial charge in [-0.2, -0.15) is 0 Å². The van der Waals surface area contributed by atoms with Crippen molar-refractivity contribution in [1.82, 2.24) is 0 Å². The number of hydrogen-bond donors (Lipinski definition) is 0. The maximum Gasteiger partial charge on any atom is -0.0414 e. The molecule has 0 bridgehead atoms. The van der Waals surface area contributed by atoms with Crippen LogP contribution in [0.5, 0.6) is 0 Å². The van der Waals surface area contributed by atoms with Crippen molar-refractivity contribution in [3.63, 3.8) is 0 Å². The zero-order valence-corrected chi connectivity index (χ0v) is 24.1. The van der Waals surface area contributed by atoms with Gasteiger partial charge in [-0.25, -0.2) is 0 Å². The van der Waals surface area contributed by atoms with E-state index < -0.39 is 0 Å². The van der Waals surface area contributed by atoms with Gasteiger partial charge < -0.3 is 0 Å². The summed E-state index contributed by atoms with van der Waals surface area (Å²) in [5.74, 6) is 1.04. The average Bonchev–Trinajstić information content (AvgIpc) is 2.83. The van der Waals surface area contributed by atoms with E-state index in [2.05, 4.69) is 20.8 Å². The van der Waals surface area contributed by atoms with Crippen LogP contribution in [0.25, 0.3) is 0 Å². The van der Waals surface area contributed by atoms with E-state index in [-0.39, 0.29) is 0 Å². The van der Waals surface area contributed by atoms with Crippen LogP contribution in [0, 0.1) is 5.92 Å². The van der Waals surface area contributed by atoms with E-state index in [9.17, 15) is 0 Å². The molecule has 0 fully saturated rings. The maximum absolute atomic E-state index is 2.34. The summed E-state index contributed by atoms with van der Waals surface area (Å²) >= 11 is 0. The molecule has 0 heterocycles. The summed E-state index contributed by atoms with van der Waals surface area (Å²) in [5, 5.41) is 0. The van der Waals surface area contributed by atoms with E-state index in [0.29, 0.717) is 0 Å². The molecule has 0 aliphatic carbocycles. The molecule has 0 heteroatoms. The molecular formula is C33H68. The van der Waals surface area contributed by atoms with Gasteiger partial charge in [0.05, 0.1) is 0 Å². The van der Waals surface area contributed by atoms with E-state index in [1.807, 2.05) is 0 Å². The third-order valence-corrected chi connectivity index (χ3v) is 7.90. The Morgan fingerprint density at radius 3 is 0.667 bits per heavy atom. The molecule has 0 aromatic carbocycles. The fourth-order valence-electron chi connectivity index (χ4n) is 5.49. The van der Waals surface area contributed by atoms with Gasteiger partial charge in [0.25, 0.3) is 0 Å². The minimum atomic E-state index is 1.04. The summed E-state index contributed by atoms with van der Waals surface area (Å²) < 4.78 is 0. The minimum absolute atomic E-state index is 1.04. The smallest absolute Gasteiger partial charge is 0.0414 e. The molecule has 0 amide bonds. The second-order valence-electron chi connectivity index (χ2n) is 11.4. The highest BCUT2D eigenvalue weighted by molar-refractivity contribution is 4.62. The topological polar surface area (TPSA) is 0 Å². The van der Waals surface area contributed by atoms with Gasteiger partial charge >= 0.3 is 0 Å². The molecule has 0 aromatic heterocycles. The predicted molar refractivity (Wildman–Crippen MR) is 154 cm³/mol. The lowest BCUT2D eigenvalue weighted by Crippen LogP contribution is -2.01. The summed E-state index contributed by atoms with van der Waals surface area (Å²) in [6, 6.07) is 0. The first-order chi connectivity index (χ1) is 16.3. The molecule has 0 N–H and O–H groups in total. The Morgan fingerprint density at radius 1 is 0.242 bits per heavy atom. The highest BCUT2D eigenvalue weighted by Gasteiger charge is 2.08. The van der Waals surface area contributed by atoms with E-state index >= 15 is 0 Å². The molecule has 0 nitrogen and oxygen atoms in total. The first-order valence-electron chi connectivity index (χ1n) is 16.3. The Hall–Kier alpha value is 0. The first-order valence-corrected chi connectivity index (χ1v) is 16.3. The van der Waals surface area contributed by atoms with Crippen LogP contribution < -0.4 is 0 Å². The molecule has 0 saturated carbocycles. The molecule has 1 unspecified atom stereocenters. The highest BCUT2D eigenvalue weighted by Crippen LogP contribution is 2.25. The van der Waals surface area contributed by atoms with Crippen LogP contribution in [-0.4, -0.2) is 0 Å². The van der Waals surface area contributed by atoms with Crippen LogP contribution in [0.15, 0.2) is 0 Å². The molecule has 0 radical (unpaired) electrons. The van der Waals surface area contributed by atoms with Gasteiger partial charge in [0, 0.05) is 0 Å². The lowest BCUT2D eigenvalue weighted by Gasteiger charge is -2.17. The Labute approximate surface area is 212 Å². The Balaban J connectivity index is 3.64. The van der Waals surface area contributed by atoms with Crippen molar-refractivity contribution in [2.75, 3.05) is 0 Å². The molecule has 1 atom stereocenters. The van der Waals surface area contributed by atoms with E-state index in [1.165, 1.54) is 186 Å². The summed E-state index contributed by atoms with van der Waals surface area (Å²) in [6.45, 7) is 6.97. The Bertz CT molecular complexity index is 320. The maximum atomic E-state index is 2.34. The van der Waals surface area contributed by atoms with Crippen molar-refractivity contribution in [1.29, 1.82) is 0 Å². The number of rotatable bonds is 29. The molecule has 0 rings (SSSR count). The van der Waals surface area contributed by atoms with Gasteiger partial charge in [-0.3, -0.25) is 0 Å². The number of hydrogen-bond acceptors (Lipinski definition) is 0. The summed E-state index contributed by atoms with van der Waals surface area (Å²) in [7, 11) is 0. The zero-order chi connectivity index (χ0) is 24.1. The second kappa shape index (κ2) is 30.0. The SMILES string of the molecule is CCCCCCCCCCCCCCCC(CCCCCC)CCCCCCCCCCC. The molecular weight excluding hydrogens is 396 g/mol. The lowest BCUT2D eigenvalue weighted by molar-refractivity contribution is 0.366. The lowest BCUT2D eigenvalue weighted by atomic mass is 9.89. The van der Waals surface area contributed by atoms with Crippen LogP contribution in [0.3, 0.4) is 0 Å². The summed E-state index contributed by atoms with van der Waals surface area (Å²) in [5.41, 5.74) is 0. The first kappa shape index (κ1) is 33.0. The van der Waals surface area contributed by atoms with E-state index in [1.54, 1.807) is 0 Å².